The summed E-state index contributed by atoms with van der Waals surface area (Å²) in [5.41, 5.74) is 0. The van der Waals surface area contributed by atoms with E-state index in [4.69, 9.17) is 5.21 Å². The van der Waals surface area contributed by atoms with E-state index in [-0.39, 0.29) is 4.47 Å². The number of hydrogen-bond donors (Lipinski definition) is 2. The molecule has 0 atom stereocenters. The average molecular weight is 107 g/mol. The Hall–Kier alpha value is -0.220. The Labute approximate surface area is 41.1 Å². The van der Waals surface area contributed by atoms with Crippen LogP contribution < -0.4 is 0 Å². The minimum atomic E-state index is -0.488. The maximum atomic E-state index is 9.74. The summed E-state index contributed by atoms with van der Waals surface area (Å²) in [7, 11) is 0. The van der Waals surface area contributed by atoms with Crippen LogP contribution in [0, 0.1) is 0 Å². The van der Waals surface area contributed by atoms with Crippen LogP contribution in [-0.2, 0) is 4.79 Å². The quantitative estimate of drug-likeness (QED) is 0.261. The molecule has 1 amide bonds. The van der Waals surface area contributed by atoms with Crippen molar-refractivity contribution in [3.05, 3.63) is 0 Å². The highest BCUT2D eigenvalue weighted by atomic mass is 32.1. The van der Waals surface area contributed by atoms with E-state index < -0.39 is 5.91 Å². The fourth-order valence-corrected chi connectivity index (χ4v) is 0. The van der Waals surface area contributed by atoms with Crippen molar-refractivity contribution in [3.8, 4) is 0 Å². The Morgan fingerprint density at radius 3 is 2.17 bits per heavy atom. The molecule has 0 heterocycles. The number of carbonyl (C=O) groups is 1. The van der Waals surface area contributed by atoms with Gasteiger partial charge in [-0.25, -0.2) is 0 Å². The van der Waals surface area contributed by atoms with Crippen molar-refractivity contribution >= 4 is 18.7 Å². The molecule has 0 aliphatic carbocycles. The number of hydroxylamine groups is 1. The van der Waals surface area contributed by atoms with Crippen molar-refractivity contribution in [1.29, 1.82) is 0 Å². The van der Waals surface area contributed by atoms with Crippen molar-refractivity contribution in [1.82, 2.24) is 4.47 Å². The molecule has 1 N–H and O–H groups in total. The van der Waals surface area contributed by atoms with Crippen LogP contribution in [0.4, 0.5) is 0 Å². The third kappa shape index (κ3) is 2.04. The van der Waals surface area contributed by atoms with Gasteiger partial charge >= 0.3 is 0 Å². The van der Waals surface area contributed by atoms with Crippen LogP contribution in [-0.4, -0.2) is 15.6 Å². The molecule has 0 saturated carbocycles. The normalized spacial score (nSPS) is 7.83. The molecule has 0 aromatic carbocycles. The Kier molecular flexibility index (Phi) is 1.97. The number of amides is 1. The second-order valence-electron chi connectivity index (χ2n) is 0.808. The number of carbonyl (C=O) groups excluding carboxylic acids is 1. The molecule has 0 aromatic heterocycles. The van der Waals surface area contributed by atoms with Gasteiger partial charge in [0.05, 0.1) is 0 Å². The maximum absolute atomic E-state index is 9.74. The van der Waals surface area contributed by atoms with Gasteiger partial charge in [0.2, 0.25) is 0 Å². The van der Waals surface area contributed by atoms with Gasteiger partial charge in [-0.15, -0.1) is 0 Å². The van der Waals surface area contributed by atoms with Crippen LogP contribution in [0.3, 0.4) is 0 Å². The lowest BCUT2D eigenvalue weighted by Gasteiger charge is -1.97. The predicted molar refractivity (Wildman–Crippen MR) is 23.3 cm³/mol. The zero-order chi connectivity index (χ0) is 5.15. The fraction of sp³-hybridized carbons (Fsp3) is 0.500. The molecule has 0 fully saturated rings. The summed E-state index contributed by atoms with van der Waals surface area (Å²) in [6.45, 7) is 1.20. The molecule has 0 aliphatic rings. The Balaban J connectivity index is 3.26. The van der Waals surface area contributed by atoms with Crippen LogP contribution in [0.25, 0.3) is 0 Å². The number of thiol groups is 1. The van der Waals surface area contributed by atoms with E-state index >= 15 is 0 Å². The highest BCUT2D eigenvalue weighted by Crippen LogP contribution is 1.82. The Bertz CT molecular complexity index is 62.6. The lowest BCUT2D eigenvalue weighted by molar-refractivity contribution is -0.141. The molecule has 0 rings (SSSR count). The zero-order valence-electron chi connectivity index (χ0n) is 3.25. The van der Waals surface area contributed by atoms with E-state index in [1.54, 1.807) is 0 Å². The number of nitrogens with zero attached hydrogens (tertiary/aromatic N) is 1. The maximum Gasteiger partial charge on any atom is 0.253 e. The lowest BCUT2D eigenvalue weighted by Crippen LogP contribution is -2.11. The van der Waals surface area contributed by atoms with E-state index in [0.717, 1.165) is 0 Å². The second kappa shape index (κ2) is 2.04. The molecule has 6 heavy (non-hydrogen) atoms. The van der Waals surface area contributed by atoms with Gasteiger partial charge in [-0.1, -0.05) is 0 Å². The Morgan fingerprint density at radius 2 is 2.17 bits per heavy atom. The van der Waals surface area contributed by atoms with E-state index in [9.17, 15) is 4.79 Å². The highest BCUT2D eigenvalue weighted by molar-refractivity contribution is 7.78. The third-order valence-corrected chi connectivity index (χ3v) is 0.563. The van der Waals surface area contributed by atoms with E-state index in [2.05, 4.69) is 12.8 Å². The van der Waals surface area contributed by atoms with E-state index in [1.165, 1.54) is 6.92 Å². The van der Waals surface area contributed by atoms with Crippen LogP contribution in [0.5, 0.6) is 0 Å². The smallest absolute Gasteiger partial charge is 0.253 e. The highest BCUT2D eigenvalue weighted by Gasteiger charge is 1.91. The molecular formula is C2H5NO2S. The van der Waals surface area contributed by atoms with Gasteiger partial charge in [0.25, 0.3) is 5.91 Å². The number of hydrogen-bond acceptors (Lipinski definition) is 3. The van der Waals surface area contributed by atoms with Gasteiger partial charge in [-0.2, -0.15) is 4.47 Å². The number of rotatable bonds is 0. The molecule has 3 nitrogen and oxygen atoms in total. The molecule has 36 valence electrons. The van der Waals surface area contributed by atoms with Crippen molar-refractivity contribution in [2.45, 2.75) is 6.92 Å². The van der Waals surface area contributed by atoms with Crippen molar-refractivity contribution in [2.75, 3.05) is 0 Å². The summed E-state index contributed by atoms with van der Waals surface area (Å²) in [5.74, 6) is -0.488. The Morgan fingerprint density at radius 1 is 2.00 bits per heavy atom. The van der Waals surface area contributed by atoms with Crippen LogP contribution in [0.15, 0.2) is 0 Å². The minimum absolute atomic E-state index is 0.222. The van der Waals surface area contributed by atoms with Gasteiger partial charge in [0.15, 0.2) is 0 Å². The summed E-state index contributed by atoms with van der Waals surface area (Å²) in [6, 6.07) is 0. The second-order valence-corrected chi connectivity index (χ2v) is 1.19. The zero-order valence-corrected chi connectivity index (χ0v) is 4.14. The standard InChI is InChI=1S/C2H5NO2S/c1-2(4)3(5)6/h5-6H,1H3. The molecule has 0 radical (unpaired) electrons. The van der Waals surface area contributed by atoms with Gasteiger partial charge in [0.1, 0.15) is 0 Å². The minimum Gasteiger partial charge on any atom is -0.275 e. The molecule has 0 aromatic rings. The largest absolute Gasteiger partial charge is 0.275 e. The van der Waals surface area contributed by atoms with Crippen LogP contribution >= 0.6 is 12.8 Å². The summed E-state index contributed by atoms with van der Waals surface area (Å²) < 4.78 is 0.222. The van der Waals surface area contributed by atoms with Crippen LogP contribution in [0.2, 0.25) is 0 Å². The molecular weight excluding hydrogens is 102 g/mol. The van der Waals surface area contributed by atoms with Crippen molar-refractivity contribution in [2.24, 2.45) is 0 Å². The van der Waals surface area contributed by atoms with Gasteiger partial charge in [-0.3, -0.25) is 10.0 Å². The molecule has 0 spiro atoms. The summed E-state index contributed by atoms with van der Waals surface area (Å²) >= 11 is 3.23. The van der Waals surface area contributed by atoms with Gasteiger partial charge in [0, 0.05) is 6.92 Å². The first-order chi connectivity index (χ1) is 2.64. The van der Waals surface area contributed by atoms with Gasteiger partial charge in [-0.05, 0) is 12.8 Å². The molecule has 0 saturated heterocycles. The SMILES string of the molecule is CC(=O)N(O)S. The fourth-order valence-electron chi connectivity index (χ4n) is 0. The first kappa shape index (κ1) is 5.78. The van der Waals surface area contributed by atoms with E-state index in [1.807, 2.05) is 0 Å². The van der Waals surface area contributed by atoms with Crippen molar-refractivity contribution < 1.29 is 10.0 Å². The summed E-state index contributed by atoms with van der Waals surface area (Å²) in [4.78, 5) is 9.74. The molecule has 0 aliphatic heterocycles. The molecule has 0 bridgehead atoms. The molecule has 0 unspecified atom stereocenters. The van der Waals surface area contributed by atoms with Crippen LogP contribution in [0.1, 0.15) is 6.92 Å². The summed E-state index contributed by atoms with van der Waals surface area (Å²) in [5, 5.41) is 7.98. The molecule has 4 heteroatoms. The first-order valence-electron chi connectivity index (χ1n) is 1.33. The topological polar surface area (TPSA) is 40.5 Å². The third-order valence-electron chi connectivity index (χ3n) is 0.282. The predicted octanol–water partition coefficient (Wildman–Crippen LogP) is 0.0689. The summed E-state index contributed by atoms with van der Waals surface area (Å²) in [6.07, 6.45) is 0. The van der Waals surface area contributed by atoms with Crippen molar-refractivity contribution in [3.63, 3.8) is 0 Å². The van der Waals surface area contributed by atoms with E-state index in [0.29, 0.717) is 0 Å². The average Bonchev–Trinajstić information content (AvgIpc) is 1.36. The lowest BCUT2D eigenvalue weighted by atomic mass is 10.8. The van der Waals surface area contributed by atoms with Gasteiger partial charge < -0.3 is 0 Å². The first-order valence-corrected chi connectivity index (χ1v) is 1.73. The monoisotopic (exact) mass is 107 g/mol.